The number of hydrogen-bond acceptors (Lipinski definition) is 4. The van der Waals surface area contributed by atoms with E-state index >= 15 is 0 Å². The third-order valence-electron chi connectivity index (χ3n) is 5.37. The van der Waals surface area contributed by atoms with Crippen molar-refractivity contribution in [3.63, 3.8) is 0 Å². The molecule has 0 bridgehead atoms. The van der Waals surface area contributed by atoms with Gasteiger partial charge in [0.25, 0.3) is 5.56 Å². The van der Waals surface area contributed by atoms with Crippen LogP contribution >= 0.6 is 11.8 Å². The van der Waals surface area contributed by atoms with Crippen molar-refractivity contribution in [3.8, 4) is 5.69 Å². The second-order valence-electron chi connectivity index (χ2n) is 7.76. The number of aromatic nitrogens is 2. The number of hydrogen-bond donors (Lipinski definition) is 0. The van der Waals surface area contributed by atoms with Crippen molar-refractivity contribution >= 4 is 28.6 Å². The fraction of sp³-hybridized carbons (Fsp3) is 0.348. The van der Waals surface area contributed by atoms with E-state index in [2.05, 4.69) is 6.92 Å². The van der Waals surface area contributed by atoms with Gasteiger partial charge in [0.2, 0.25) is 5.91 Å². The van der Waals surface area contributed by atoms with Gasteiger partial charge in [-0.2, -0.15) is 0 Å². The van der Waals surface area contributed by atoms with Crippen molar-refractivity contribution in [2.24, 2.45) is 5.92 Å². The molecular weight excluding hydrogens is 382 g/mol. The van der Waals surface area contributed by atoms with Crippen LogP contribution in [0.15, 0.2) is 58.5 Å². The van der Waals surface area contributed by atoms with Crippen molar-refractivity contribution in [1.29, 1.82) is 0 Å². The molecular formula is C23H25N3O2S. The summed E-state index contributed by atoms with van der Waals surface area (Å²) in [6, 6.07) is 15.2. The number of nitrogens with zero attached hydrogens (tertiary/aromatic N) is 3. The third-order valence-corrected chi connectivity index (χ3v) is 6.29. The first-order valence-corrected chi connectivity index (χ1v) is 11.0. The zero-order chi connectivity index (χ0) is 20.4. The summed E-state index contributed by atoms with van der Waals surface area (Å²) in [5, 5.41) is 1.13. The molecule has 0 N–H and O–H groups in total. The van der Waals surface area contributed by atoms with Gasteiger partial charge in [0.1, 0.15) is 0 Å². The van der Waals surface area contributed by atoms with E-state index in [1.807, 2.05) is 54.3 Å². The predicted octanol–water partition coefficient (Wildman–Crippen LogP) is 4.04. The van der Waals surface area contributed by atoms with Gasteiger partial charge in [-0.25, -0.2) is 4.98 Å². The standard InChI is InChI=1S/C23H25N3O2S/c1-16-9-11-18(12-10-16)26-22(28)19-7-3-4-8-20(19)24-23(26)29-15-21(27)25-13-5-6-17(2)14-25/h3-4,7-12,17H,5-6,13-15H2,1-2H3/t17-/m0/s1. The minimum Gasteiger partial charge on any atom is -0.342 e. The molecule has 150 valence electrons. The molecule has 1 aliphatic heterocycles. The Kier molecular flexibility index (Phi) is 5.72. The lowest BCUT2D eigenvalue weighted by atomic mass is 10.0. The van der Waals surface area contributed by atoms with Crippen LogP contribution in [0.3, 0.4) is 0 Å². The summed E-state index contributed by atoms with van der Waals surface area (Å²) < 4.78 is 1.62. The third kappa shape index (κ3) is 4.22. The molecule has 2 heterocycles. The average Bonchev–Trinajstić information content (AvgIpc) is 2.73. The Balaban J connectivity index is 1.69. The summed E-state index contributed by atoms with van der Waals surface area (Å²) >= 11 is 1.34. The first-order valence-electron chi connectivity index (χ1n) is 10.0. The normalized spacial score (nSPS) is 16.9. The number of amides is 1. The number of thioether (sulfide) groups is 1. The van der Waals surface area contributed by atoms with Gasteiger partial charge in [0, 0.05) is 13.1 Å². The molecule has 6 heteroatoms. The van der Waals surface area contributed by atoms with Crippen molar-refractivity contribution in [2.75, 3.05) is 18.8 Å². The number of fused-ring (bicyclic) bond motifs is 1. The summed E-state index contributed by atoms with van der Waals surface area (Å²) in [7, 11) is 0. The van der Waals surface area contributed by atoms with Crippen LogP contribution in [0.25, 0.3) is 16.6 Å². The Morgan fingerprint density at radius 2 is 1.93 bits per heavy atom. The Labute approximate surface area is 174 Å². The fourth-order valence-corrected chi connectivity index (χ4v) is 4.68. The van der Waals surface area contributed by atoms with Crippen LogP contribution in [-0.4, -0.2) is 39.2 Å². The number of piperidine rings is 1. The number of likely N-dealkylation sites (tertiary alicyclic amines) is 1. The largest absolute Gasteiger partial charge is 0.342 e. The second-order valence-corrected chi connectivity index (χ2v) is 8.71. The summed E-state index contributed by atoms with van der Waals surface area (Å²) in [5.41, 5.74) is 2.43. The average molecular weight is 408 g/mol. The molecule has 0 radical (unpaired) electrons. The van der Waals surface area contributed by atoms with Crippen molar-refractivity contribution in [3.05, 3.63) is 64.4 Å². The molecule has 1 fully saturated rings. The Morgan fingerprint density at radius 1 is 1.17 bits per heavy atom. The molecule has 0 spiro atoms. The molecule has 1 atom stereocenters. The van der Waals surface area contributed by atoms with E-state index in [0.717, 1.165) is 30.8 Å². The van der Waals surface area contributed by atoms with Crippen LogP contribution in [0, 0.1) is 12.8 Å². The predicted molar refractivity (Wildman–Crippen MR) is 118 cm³/mol. The van der Waals surface area contributed by atoms with E-state index < -0.39 is 0 Å². The van der Waals surface area contributed by atoms with Crippen LogP contribution < -0.4 is 5.56 Å². The maximum absolute atomic E-state index is 13.2. The molecule has 0 aliphatic carbocycles. The van der Waals surface area contributed by atoms with E-state index in [9.17, 15) is 9.59 Å². The molecule has 1 saturated heterocycles. The smallest absolute Gasteiger partial charge is 0.266 e. The van der Waals surface area contributed by atoms with Gasteiger partial charge in [-0.3, -0.25) is 14.2 Å². The van der Waals surface area contributed by atoms with Gasteiger partial charge in [-0.05, 0) is 49.9 Å². The number of aryl methyl sites for hydroxylation is 1. The summed E-state index contributed by atoms with van der Waals surface area (Å²) in [6.45, 7) is 5.83. The maximum atomic E-state index is 13.2. The van der Waals surface area contributed by atoms with Crippen molar-refractivity contribution in [1.82, 2.24) is 14.5 Å². The lowest BCUT2D eigenvalue weighted by Crippen LogP contribution is -2.40. The van der Waals surface area contributed by atoms with Crippen molar-refractivity contribution in [2.45, 2.75) is 31.8 Å². The summed E-state index contributed by atoms with van der Waals surface area (Å²) in [6.07, 6.45) is 2.23. The Hall–Kier alpha value is -2.60. The molecule has 1 amide bonds. The topological polar surface area (TPSA) is 55.2 Å². The monoisotopic (exact) mass is 407 g/mol. The lowest BCUT2D eigenvalue weighted by molar-refractivity contribution is -0.130. The van der Waals surface area contributed by atoms with Gasteiger partial charge in [-0.15, -0.1) is 0 Å². The highest BCUT2D eigenvalue weighted by Gasteiger charge is 2.22. The van der Waals surface area contributed by atoms with E-state index in [1.165, 1.54) is 18.2 Å². The second kappa shape index (κ2) is 8.41. The number of rotatable bonds is 4. The maximum Gasteiger partial charge on any atom is 0.266 e. The molecule has 5 nitrogen and oxygen atoms in total. The number of para-hydroxylation sites is 1. The molecule has 1 aliphatic rings. The number of carbonyl (C=O) groups is 1. The number of carbonyl (C=O) groups excluding carboxylic acids is 1. The van der Waals surface area contributed by atoms with Crippen LogP contribution in [-0.2, 0) is 4.79 Å². The first-order chi connectivity index (χ1) is 14.0. The SMILES string of the molecule is Cc1ccc(-n2c(SCC(=O)N3CCC[C@H](C)C3)nc3ccccc3c2=O)cc1. The quantitative estimate of drug-likeness (QED) is 0.484. The molecule has 2 aromatic carbocycles. The summed E-state index contributed by atoms with van der Waals surface area (Å²) in [5.74, 6) is 0.935. The van der Waals surface area contributed by atoms with Gasteiger partial charge in [-0.1, -0.05) is 48.5 Å². The highest BCUT2D eigenvalue weighted by molar-refractivity contribution is 7.99. The lowest BCUT2D eigenvalue weighted by Gasteiger charge is -2.30. The molecule has 1 aromatic heterocycles. The Bertz CT molecular complexity index is 1090. The Morgan fingerprint density at radius 3 is 2.69 bits per heavy atom. The van der Waals surface area contributed by atoms with Crippen LogP contribution in [0.2, 0.25) is 0 Å². The molecule has 0 unspecified atom stereocenters. The minimum atomic E-state index is -0.110. The van der Waals surface area contributed by atoms with Crippen LogP contribution in [0.5, 0.6) is 0 Å². The van der Waals surface area contributed by atoms with E-state index in [4.69, 9.17) is 4.98 Å². The van der Waals surface area contributed by atoms with Gasteiger partial charge >= 0.3 is 0 Å². The number of benzene rings is 2. The van der Waals surface area contributed by atoms with E-state index in [-0.39, 0.29) is 17.2 Å². The minimum absolute atomic E-state index is 0.110. The molecule has 0 saturated carbocycles. The first kappa shape index (κ1) is 19.7. The van der Waals surface area contributed by atoms with Gasteiger partial charge in [0.05, 0.1) is 22.3 Å². The van der Waals surface area contributed by atoms with E-state index in [1.54, 1.807) is 10.6 Å². The van der Waals surface area contributed by atoms with Crippen LogP contribution in [0.1, 0.15) is 25.3 Å². The van der Waals surface area contributed by atoms with E-state index in [0.29, 0.717) is 22.0 Å². The molecule has 29 heavy (non-hydrogen) atoms. The molecule has 4 rings (SSSR count). The zero-order valence-corrected chi connectivity index (χ0v) is 17.6. The van der Waals surface area contributed by atoms with Crippen molar-refractivity contribution < 1.29 is 4.79 Å². The zero-order valence-electron chi connectivity index (χ0n) is 16.8. The van der Waals surface area contributed by atoms with Crippen LogP contribution in [0.4, 0.5) is 0 Å². The molecule has 3 aromatic rings. The highest BCUT2D eigenvalue weighted by Crippen LogP contribution is 2.23. The fourth-order valence-electron chi connectivity index (χ4n) is 3.76. The van der Waals surface area contributed by atoms with Gasteiger partial charge < -0.3 is 4.90 Å². The summed E-state index contributed by atoms with van der Waals surface area (Å²) in [4.78, 5) is 32.6. The highest BCUT2D eigenvalue weighted by atomic mass is 32.2. The van der Waals surface area contributed by atoms with Gasteiger partial charge in [0.15, 0.2) is 5.16 Å².